The molecule has 2 aromatic rings. The first-order valence-electron chi connectivity index (χ1n) is 7.54. The van der Waals surface area contributed by atoms with Crippen molar-refractivity contribution in [1.29, 1.82) is 0 Å². The van der Waals surface area contributed by atoms with Crippen molar-refractivity contribution in [3.8, 4) is 5.75 Å². The lowest BCUT2D eigenvalue weighted by molar-refractivity contribution is -0.124. The molecule has 1 aromatic heterocycles. The van der Waals surface area contributed by atoms with Gasteiger partial charge in [-0.3, -0.25) is 4.79 Å². The Labute approximate surface area is 134 Å². The molecular weight excluding hydrogens is 294 g/mol. The fourth-order valence-electron chi connectivity index (χ4n) is 2.40. The molecule has 1 unspecified atom stereocenters. The molecule has 3 rings (SSSR count). The van der Waals surface area contributed by atoms with Crippen LogP contribution in [0.3, 0.4) is 0 Å². The second-order valence-corrected chi connectivity index (χ2v) is 5.28. The lowest BCUT2D eigenvalue weighted by Crippen LogP contribution is -2.26. The zero-order valence-electron chi connectivity index (χ0n) is 12.9. The van der Waals surface area contributed by atoms with E-state index < -0.39 is 0 Å². The number of hydrogen-bond donors (Lipinski definition) is 2. The van der Waals surface area contributed by atoms with E-state index in [1.165, 1.54) is 0 Å². The van der Waals surface area contributed by atoms with E-state index in [0.29, 0.717) is 18.1 Å². The van der Waals surface area contributed by atoms with Crippen LogP contribution in [0.5, 0.6) is 5.75 Å². The summed E-state index contributed by atoms with van der Waals surface area (Å²) in [6, 6.07) is 11.2. The van der Waals surface area contributed by atoms with Gasteiger partial charge in [0.1, 0.15) is 17.7 Å². The number of hydrogen-bond acceptors (Lipinski definition) is 5. The molecular formula is C17H19N3O3. The molecule has 0 radical (unpaired) electrons. The summed E-state index contributed by atoms with van der Waals surface area (Å²) in [5.74, 6) is 1.35. The van der Waals surface area contributed by atoms with E-state index >= 15 is 0 Å². The number of anilines is 3. The molecule has 23 heavy (non-hydrogen) atoms. The van der Waals surface area contributed by atoms with Crippen molar-refractivity contribution in [2.75, 3.05) is 24.4 Å². The summed E-state index contributed by atoms with van der Waals surface area (Å²) < 4.78 is 10.5. The Bertz CT molecular complexity index is 667. The molecule has 0 bridgehead atoms. The first-order chi connectivity index (χ1) is 11.2. The maximum absolute atomic E-state index is 12.0. The van der Waals surface area contributed by atoms with E-state index in [2.05, 4.69) is 15.6 Å². The number of nitrogens with one attached hydrogen (secondary N) is 2. The van der Waals surface area contributed by atoms with E-state index in [0.717, 1.165) is 24.3 Å². The molecule has 2 heterocycles. The summed E-state index contributed by atoms with van der Waals surface area (Å²) in [6.07, 6.45) is 2.98. The summed E-state index contributed by atoms with van der Waals surface area (Å²) >= 11 is 0. The highest BCUT2D eigenvalue weighted by atomic mass is 16.5. The first-order valence-corrected chi connectivity index (χ1v) is 7.54. The SMILES string of the molecule is COc1cccc(Nc2ccc(NC(=O)C3CCCO3)cn2)c1. The zero-order chi connectivity index (χ0) is 16.1. The summed E-state index contributed by atoms with van der Waals surface area (Å²) in [5.41, 5.74) is 1.54. The number of amides is 1. The lowest BCUT2D eigenvalue weighted by atomic mass is 10.2. The maximum atomic E-state index is 12.0. The number of carbonyl (C=O) groups excluding carboxylic acids is 1. The number of pyridine rings is 1. The summed E-state index contributed by atoms with van der Waals surface area (Å²) in [4.78, 5) is 16.3. The smallest absolute Gasteiger partial charge is 0.253 e. The third-order valence-corrected chi connectivity index (χ3v) is 3.60. The fourth-order valence-corrected chi connectivity index (χ4v) is 2.40. The Morgan fingerprint density at radius 1 is 1.30 bits per heavy atom. The Kier molecular flexibility index (Phi) is 4.73. The third kappa shape index (κ3) is 3.98. The van der Waals surface area contributed by atoms with E-state index in [1.54, 1.807) is 13.3 Å². The van der Waals surface area contributed by atoms with Crippen LogP contribution < -0.4 is 15.4 Å². The highest BCUT2D eigenvalue weighted by Crippen LogP contribution is 2.21. The number of aromatic nitrogens is 1. The van der Waals surface area contributed by atoms with Crippen LogP contribution in [0.4, 0.5) is 17.2 Å². The van der Waals surface area contributed by atoms with Gasteiger partial charge >= 0.3 is 0 Å². The van der Waals surface area contributed by atoms with Crippen LogP contribution in [-0.2, 0) is 9.53 Å². The molecule has 0 saturated carbocycles. The van der Waals surface area contributed by atoms with Gasteiger partial charge in [0.15, 0.2) is 0 Å². The number of ether oxygens (including phenoxy) is 2. The second kappa shape index (κ2) is 7.11. The van der Waals surface area contributed by atoms with Gasteiger partial charge in [-0.15, -0.1) is 0 Å². The van der Waals surface area contributed by atoms with Gasteiger partial charge in [0.05, 0.1) is 19.0 Å². The third-order valence-electron chi connectivity index (χ3n) is 3.60. The monoisotopic (exact) mass is 313 g/mol. The van der Waals surface area contributed by atoms with Gasteiger partial charge in [0, 0.05) is 18.4 Å². The van der Waals surface area contributed by atoms with Crippen molar-refractivity contribution in [3.05, 3.63) is 42.6 Å². The summed E-state index contributed by atoms with van der Waals surface area (Å²) in [5, 5.41) is 6.00. The molecule has 0 aliphatic carbocycles. The Balaban J connectivity index is 1.61. The van der Waals surface area contributed by atoms with Gasteiger partial charge in [-0.25, -0.2) is 4.98 Å². The lowest BCUT2D eigenvalue weighted by Gasteiger charge is -2.11. The molecule has 6 nitrogen and oxygen atoms in total. The average molecular weight is 313 g/mol. The van der Waals surface area contributed by atoms with Crippen molar-refractivity contribution in [2.45, 2.75) is 18.9 Å². The Hall–Kier alpha value is -2.60. The molecule has 1 fully saturated rings. The minimum atomic E-state index is -0.343. The molecule has 120 valence electrons. The predicted octanol–water partition coefficient (Wildman–Crippen LogP) is 2.95. The normalized spacial score (nSPS) is 16.8. The van der Waals surface area contributed by atoms with Gasteiger partial charge in [-0.1, -0.05) is 6.07 Å². The van der Waals surface area contributed by atoms with E-state index in [9.17, 15) is 4.79 Å². The van der Waals surface area contributed by atoms with Crippen LogP contribution in [-0.4, -0.2) is 30.7 Å². The highest BCUT2D eigenvalue weighted by Gasteiger charge is 2.23. The maximum Gasteiger partial charge on any atom is 0.253 e. The van der Waals surface area contributed by atoms with Crippen LogP contribution in [0.15, 0.2) is 42.6 Å². The number of carbonyl (C=O) groups is 1. The average Bonchev–Trinajstić information content (AvgIpc) is 3.11. The van der Waals surface area contributed by atoms with Crippen LogP contribution in [0.1, 0.15) is 12.8 Å². The summed E-state index contributed by atoms with van der Waals surface area (Å²) in [6.45, 7) is 0.653. The van der Waals surface area contributed by atoms with Crippen molar-refractivity contribution in [3.63, 3.8) is 0 Å². The number of benzene rings is 1. The van der Waals surface area contributed by atoms with E-state index in [-0.39, 0.29) is 12.0 Å². The molecule has 1 aliphatic rings. The molecule has 1 aromatic carbocycles. The predicted molar refractivity (Wildman–Crippen MR) is 88.1 cm³/mol. The first kappa shape index (κ1) is 15.3. The Morgan fingerprint density at radius 2 is 2.22 bits per heavy atom. The van der Waals surface area contributed by atoms with Crippen LogP contribution >= 0.6 is 0 Å². The molecule has 2 N–H and O–H groups in total. The molecule has 6 heteroatoms. The number of nitrogens with zero attached hydrogens (tertiary/aromatic N) is 1. The van der Waals surface area contributed by atoms with Gasteiger partial charge in [-0.05, 0) is 37.1 Å². The van der Waals surface area contributed by atoms with Crippen LogP contribution in [0.25, 0.3) is 0 Å². The zero-order valence-corrected chi connectivity index (χ0v) is 12.9. The van der Waals surface area contributed by atoms with Gasteiger partial charge < -0.3 is 20.1 Å². The van der Waals surface area contributed by atoms with Crippen LogP contribution in [0.2, 0.25) is 0 Å². The van der Waals surface area contributed by atoms with Crippen molar-refractivity contribution < 1.29 is 14.3 Å². The minimum Gasteiger partial charge on any atom is -0.497 e. The number of rotatable bonds is 5. The molecule has 0 spiro atoms. The van der Waals surface area contributed by atoms with Crippen molar-refractivity contribution >= 4 is 23.1 Å². The minimum absolute atomic E-state index is 0.113. The molecule has 1 atom stereocenters. The highest BCUT2D eigenvalue weighted by molar-refractivity contribution is 5.94. The number of methoxy groups -OCH3 is 1. The van der Waals surface area contributed by atoms with Gasteiger partial charge in [0.2, 0.25) is 0 Å². The van der Waals surface area contributed by atoms with E-state index in [4.69, 9.17) is 9.47 Å². The molecule has 1 amide bonds. The quantitative estimate of drug-likeness (QED) is 0.888. The fraction of sp³-hybridized carbons (Fsp3) is 0.294. The standard InChI is InChI=1S/C17H19N3O3/c1-22-14-5-2-4-12(10-14)19-16-8-7-13(11-18-16)20-17(21)15-6-3-9-23-15/h2,4-5,7-8,10-11,15H,3,6,9H2,1H3,(H,18,19)(H,20,21). The largest absolute Gasteiger partial charge is 0.497 e. The Morgan fingerprint density at radius 3 is 2.91 bits per heavy atom. The topological polar surface area (TPSA) is 72.5 Å². The molecule has 1 aliphatic heterocycles. The van der Waals surface area contributed by atoms with Gasteiger partial charge in [-0.2, -0.15) is 0 Å². The van der Waals surface area contributed by atoms with Gasteiger partial charge in [0.25, 0.3) is 5.91 Å². The van der Waals surface area contributed by atoms with Crippen molar-refractivity contribution in [2.24, 2.45) is 0 Å². The summed E-state index contributed by atoms with van der Waals surface area (Å²) in [7, 11) is 1.63. The molecule has 1 saturated heterocycles. The second-order valence-electron chi connectivity index (χ2n) is 5.28. The van der Waals surface area contributed by atoms with Crippen LogP contribution in [0, 0.1) is 0 Å². The van der Waals surface area contributed by atoms with E-state index in [1.807, 2.05) is 36.4 Å². The van der Waals surface area contributed by atoms with Crippen molar-refractivity contribution in [1.82, 2.24) is 4.98 Å².